The van der Waals surface area contributed by atoms with Crippen LogP contribution in [0.25, 0.3) is 22.0 Å². The van der Waals surface area contributed by atoms with Gasteiger partial charge >= 0.3 is 0 Å². The first-order chi connectivity index (χ1) is 13.8. The number of hydrogen-bond donors (Lipinski definition) is 0. The highest BCUT2D eigenvalue weighted by atomic mass is 19.1. The molecule has 0 radical (unpaired) electrons. The summed E-state index contributed by atoms with van der Waals surface area (Å²) in [6, 6.07) is 9.26. The van der Waals surface area contributed by atoms with Crippen molar-refractivity contribution < 1.29 is 10.3 Å². The van der Waals surface area contributed by atoms with E-state index in [2.05, 4.69) is 22.8 Å². The molecule has 2 heteroatoms. The maximum Gasteiger partial charge on any atom is 0.220 e. The molecule has 3 aromatic rings. The van der Waals surface area contributed by atoms with Crippen LogP contribution >= 0.6 is 0 Å². The van der Waals surface area contributed by atoms with Gasteiger partial charge in [0, 0.05) is 13.0 Å². The monoisotopic (exact) mass is 377 g/mol. The van der Waals surface area contributed by atoms with Crippen molar-refractivity contribution in [3.05, 3.63) is 64.1 Å². The first-order valence-electron chi connectivity index (χ1n) is 11.0. The summed E-state index contributed by atoms with van der Waals surface area (Å²) < 4.78 is 25.4. The van der Waals surface area contributed by atoms with Gasteiger partial charge in [0.15, 0.2) is 5.69 Å². The van der Waals surface area contributed by atoms with E-state index in [-0.39, 0.29) is 5.82 Å². The second-order valence-electron chi connectivity index (χ2n) is 8.56. The van der Waals surface area contributed by atoms with Gasteiger partial charge in [0.25, 0.3) is 0 Å². The highest BCUT2D eigenvalue weighted by Gasteiger charge is 2.23. The Kier molecular flexibility index (Phi) is 4.66. The Bertz CT molecular complexity index is 1110. The molecule has 0 saturated heterocycles. The number of nitrogens with zero attached hydrogens (tertiary/aromatic N) is 1. The summed E-state index contributed by atoms with van der Waals surface area (Å²) in [6.07, 6.45) is 6.45. The van der Waals surface area contributed by atoms with Gasteiger partial charge in [-0.15, -0.1) is 0 Å². The van der Waals surface area contributed by atoms with E-state index in [1.165, 1.54) is 37.7 Å². The van der Waals surface area contributed by atoms with Crippen molar-refractivity contribution in [2.45, 2.75) is 65.7 Å². The van der Waals surface area contributed by atoms with Gasteiger partial charge in [0.1, 0.15) is 12.9 Å². The summed E-state index contributed by atoms with van der Waals surface area (Å²) in [4.78, 5) is 0. The first kappa shape index (κ1) is 17.8. The van der Waals surface area contributed by atoms with Crippen LogP contribution in [0.15, 0.2) is 30.3 Å². The Labute approximate surface area is 169 Å². The minimum atomic E-state index is -0.119. The molecule has 0 bridgehead atoms. The lowest BCUT2D eigenvalue weighted by atomic mass is 9.83. The summed E-state index contributed by atoms with van der Waals surface area (Å²) in [6.45, 7) is 7.70. The summed E-state index contributed by atoms with van der Waals surface area (Å²) in [5.41, 5.74) is 6.79. The molecule has 28 heavy (non-hydrogen) atoms. The average Bonchev–Trinajstić information content (AvgIpc) is 2.74. The van der Waals surface area contributed by atoms with Crippen molar-refractivity contribution in [3.63, 3.8) is 0 Å². The van der Waals surface area contributed by atoms with Crippen molar-refractivity contribution >= 4 is 10.8 Å². The second-order valence-corrected chi connectivity index (χ2v) is 8.56. The minimum Gasteiger partial charge on any atom is -0.206 e. The lowest BCUT2D eigenvalue weighted by Crippen LogP contribution is -2.35. The van der Waals surface area contributed by atoms with Crippen LogP contribution in [0.5, 0.6) is 0 Å². The van der Waals surface area contributed by atoms with E-state index in [0.717, 1.165) is 33.3 Å². The molecular weight excluding hydrogens is 345 g/mol. The maximum atomic E-state index is 14.5. The van der Waals surface area contributed by atoms with E-state index in [1.54, 1.807) is 0 Å². The zero-order valence-corrected chi connectivity index (χ0v) is 17.7. The topological polar surface area (TPSA) is 3.88 Å². The maximum absolute atomic E-state index is 14.5. The summed E-state index contributed by atoms with van der Waals surface area (Å²) in [5.74, 6) is 0.494. The number of fused-ring (bicyclic) bond motifs is 1. The van der Waals surface area contributed by atoms with E-state index in [0.29, 0.717) is 23.1 Å². The van der Waals surface area contributed by atoms with Crippen molar-refractivity contribution in [2.24, 2.45) is 7.05 Å². The van der Waals surface area contributed by atoms with Crippen molar-refractivity contribution in [1.29, 1.82) is 0 Å². The molecule has 1 nitrogen and oxygen atoms in total. The predicted octanol–water partition coefficient (Wildman–Crippen LogP) is 6.75. The molecule has 1 aliphatic rings. The number of pyridine rings is 1. The first-order valence-corrected chi connectivity index (χ1v) is 10.5. The third kappa shape index (κ3) is 3.13. The zero-order valence-electron chi connectivity index (χ0n) is 18.7. The Balaban J connectivity index is 2.00. The zero-order chi connectivity index (χ0) is 20.9. The molecule has 1 aromatic heterocycles. The minimum absolute atomic E-state index is 0.119. The second kappa shape index (κ2) is 7.31. The van der Waals surface area contributed by atoms with Crippen LogP contribution in [0.1, 0.15) is 67.3 Å². The fraction of sp³-hybridized carbons (Fsp3) is 0.423. The van der Waals surface area contributed by atoms with Gasteiger partial charge in [-0.1, -0.05) is 31.4 Å². The van der Waals surface area contributed by atoms with E-state index < -0.39 is 0 Å². The molecule has 146 valence electrons. The fourth-order valence-corrected chi connectivity index (χ4v) is 4.81. The van der Waals surface area contributed by atoms with Crippen LogP contribution in [0, 0.1) is 33.5 Å². The molecule has 1 saturated carbocycles. The Hall–Kier alpha value is -2.22. The average molecular weight is 378 g/mol. The smallest absolute Gasteiger partial charge is 0.206 e. The standard InChI is InChI=1S/C26H31FN/c1-16-13-24(18(3)19(4)25(16)27)26-23-12-11-21(20-9-7-6-8-10-20)15-22(23)14-17(2)28(26)5/h11-15,20H,6-10H2,1-5H3/q+1/i14D. The largest absolute Gasteiger partial charge is 0.220 e. The molecule has 0 amide bonds. The van der Waals surface area contributed by atoms with Crippen molar-refractivity contribution in [2.75, 3.05) is 0 Å². The van der Waals surface area contributed by atoms with Gasteiger partial charge in [0.2, 0.25) is 5.69 Å². The quantitative estimate of drug-likeness (QED) is 0.435. The van der Waals surface area contributed by atoms with E-state index >= 15 is 0 Å². The molecule has 0 unspecified atom stereocenters. The fourth-order valence-electron chi connectivity index (χ4n) is 4.81. The van der Waals surface area contributed by atoms with Gasteiger partial charge in [0.05, 0.1) is 12.3 Å². The van der Waals surface area contributed by atoms with Gasteiger partial charge in [-0.25, -0.2) is 4.39 Å². The molecular formula is C26H31FN+. The number of hydrogen-bond acceptors (Lipinski definition) is 0. The number of benzene rings is 2. The summed E-state index contributed by atoms with van der Waals surface area (Å²) in [5, 5.41) is 2.09. The lowest BCUT2D eigenvalue weighted by Gasteiger charge is -2.22. The molecule has 4 rings (SSSR count). The third-order valence-electron chi connectivity index (χ3n) is 6.79. The summed E-state index contributed by atoms with van der Waals surface area (Å²) in [7, 11) is 2.02. The van der Waals surface area contributed by atoms with Gasteiger partial charge in [-0.05, 0) is 79.3 Å². The van der Waals surface area contributed by atoms with Gasteiger partial charge in [-0.2, -0.15) is 4.57 Å². The lowest BCUT2D eigenvalue weighted by molar-refractivity contribution is -0.665. The molecule has 1 fully saturated rings. The normalized spacial score (nSPS) is 15.9. The number of rotatable bonds is 2. The number of halogens is 1. The molecule has 1 heterocycles. The predicted molar refractivity (Wildman–Crippen MR) is 115 cm³/mol. The molecule has 1 aliphatic carbocycles. The Morgan fingerprint density at radius 2 is 1.71 bits per heavy atom. The third-order valence-corrected chi connectivity index (χ3v) is 6.79. The molecule has 0 aliphatic heterocycles. The van der Waals surface area contributed by atoms with E-state index in [9.17, 15) is 4.39 Å². The molecule has 2 aromatic carbocycles. The van der Waals surface area contributed by atoms with Gasteiger partial charge in [-0.3, -0.25) is 0 Å². The highest BCUT2D eigenvalue weighted by Crippen LogP contribution is 2.37. The van der Waals surface area contributed by atoms with Crippen LogP contribution in [0.2, 0.25) is 0 Å². The summed E-state index contributed by atoms with van der Waals surface area (Å²) >= 11 is 0. The van der Waals surface area contributed by atoms with Crippen LogP contribution in [-0.2, 0) is 7.05 Å². The Morgan fingerprint density at radius 3 is 2.43 bits per heavy atom. The van der Waals surface area contributed by atoms with Crippen molar-refractivity contribution in [1.82, 2.24) is 0 Å². The van der Waals surface area contributed by atoms with Crippen LogP contribution in [-0.4, -0.2) is 0 Å². The van der Waals surface area contributed by atoms with Crippen LogP contribution in [0.4, 0.5) is 4.39 Å². The van der Waals surface area contributed by atoms with Gasteiger partial charge < -0.3 is 0 Å². The van der Waals surface area contributed by atoms with E-state index in [1.807, 2.05) is 40.8 Å². The Morgan fingerprint density at radius 1 is 1.00 bits per heavy atom. The van der Waals surface area contributed by atoms with Crippen molar-refractivity contribution in [3.8, 4) is 11.3 Å². The SMILES string of the molecule is [2H]c1c(C)[n+](C)c(-c2cc(C)c(F)c(C)c2C)c2ccc(C3CCCCC3)cc12. The molecule has 0 atom stereocenters. The molecule has 0 N–H and O–H groups in total. The van der Waals surface area contributed by atoms with E-state index in [4.69, 9.17) is 1.37 Å². The van der Waals surface area contributed by atoms with Crippen LogP contribution < -0.4 is 4.57 Å². The highest BCUT2D eigenvalue weighted by molar-refractivity contribution is 5.94. The molecule has 0 spiro atoms. The number of aromatic nitrogens is 1. The number of aryl methyl sites for hydroxylation is 1. The van der Waals surface area contributed by atoms with Crippen LogP contribution in [0.3, 0.4) is 0 Å².